The average molecular weight is 451 g/mol. The Kier molecular flexibility index (Phi) is 6.55. The molecule has 3 aromatic rings. The summed E-state index contributed by atoms with van der Waals surface area (Å²) in [6.07, 6.45) is 1.63. The van der Waals surface area contributed by atoms with E-state index in [1.807, 2.05) is 29.2 Å². The number of aromatic nitrogens is 3. The maximum Gasteiger partial charge on any atom is 0.222 e. The third-order valence-corrected chi connectivity index (χ3v) is 6.65. The number of likely N-dealkylation sites (tertiary alicyclic amines) is 1. The van der Waals surface area contributed by atoms with Crippen molar-refractivity contribution in [1.82, 2.24) is 19.7 Å². The number of carbonyl (C=O) groups excluding carboxylic acids is 1. The highest BCUT2D eigenvalue weighted by Crippen LogP contribution is 2.31. The van der Waals surface area contributed by atoms with Crippen LogP contribution in [0.3, 0.4) is 0 Å². The number of methoxy groups -OCH3 is 1. The number of carbonyl (C=O) groups is 1. The molecule has 0 atom stereocenters. The molecular formula is C25H30N4O2S. The molecule has 1 aliphatic rings. The molecule has 1 fully saturated rings. The lowest BCUT2D eigenvalue weighted by molar-refractivity contribution is -0.127. The van der Waals surface area contributed by atoms with E-state index in [-0.39, 0.29) is 11.3 Å². The van der Waals surface area contributed by atoms with Gasteiger partial charge in [-0.2, -0.15) is 0 Å². The van der Waals surface area contributed by atoms with Crippen molar-refractivity contribution in [1.29, 1.82) is 0 Å². The number of amides is 1. The minimum Gasteiger partial charge on any atom is -0.497 e. The van der Waals surface area contributed by atoms with Crippen LogP contribution in [-0.2, 0) is 10.2 Å². The summed E-state index contributed by atoms with van der Waals surface area (Å²) in [5.41, 5.74) is 3.37. The molecular weight excluding hydrogens is 420 g/mol. The van der Waals surface area contributed by atoms with E-state index in [4.69, 9.17) is 4.74 Å². The Bertz CT molecular complexity index is 1070. The zero-order valence-corrected chi connectivity index (χ0v) is 20.0. The quantitative estimate of drug-likeness (QED) is 0.477. The SMILES string of the molecule is COc1ccc(-n2c(SCCN3CCCC3=O)nnc2-c2ccc(C(C)(C)C)cc2)cc1. The van der Waals surface area contributed by atoms with Gasteiger partial charge in [0.15, 0.2) is 11.0 Å². The first kappa shape index (κ1) is 22.4. The summed E-state index contributed by atoms with van der Waals surface area (Å²) in [5.74, 6) is 2.64. The number of thioether (sulfide) groups is 1. The number of nitrogens with zero attached hydrogens (tertiary/aromatic N) is 4. The van der Waals surface area contributed by atoms with Crippen LogP contribution in [0.5, 0.6) is 5.75 Å². The molecule has 7 heteroatoms. The second-order valence-electron chi connectivity index (χ2n) is 9.00. The minimum absolute atomic E-state index is 0.0935. The molecule has 1 saturated heterocycles. The van der Waals surface area contributed by atoms with Crippen LogP contribution in [-0.4, -0.2) is 51.5 Å². The fourth-order valence-corrected chi connectivity index (χ4v) is 4.74. The predicted molar refractivity (Wildman–Crippen MR) is 129 cm³/mol. The van der Waals surface area contributed by atoms with Crippen LogP contribution in [0.2, 0.25) is 0 Å². The molecule has 2 heterocycles. The number of hydrogen-bond acceptors (Lipinski definition) is 5. The summed E-state index contributed by atoms with van der Waals surface area (Å²) in [6.45, 7) is 8.22. The lowest BCUT2D eigenvalue weighted by Gasteiger charge is -2.19. The van der Waals surface area contributed by atoms with Crippen molar-refractivity contribution in [2.75, 3.05) is 26.0 Å². The molecule has 0 bridgehead atoms. The van der Waals surface area contributed by atoms with Crippen molar-refractivity contribution in [3.8, 4) is 22.8 Å². The van der Waals surface area contributed by atoms with Gasteiger partial charge >= 0.3 is 0 Å². The minimum atomic E-state index is 0.0935. The van der Waals surface area contributed by atoms with Gasteiger partial charge in [0.2, 0.25) is 5.91 Å². The molecule has 168 valence electrons. The maximum absolute atomic E-state index is 11.9. The summed E-state index contributed by atoms with van der Waals surface area (Å²) in [6, 6.07) is 16.5. The molecule has 0 unspecified atom stereocenters. The molecule has 4 rings (SSSR count). The smallest absolute Gasteiger partial charge is 0.222 e. The van der Waals surface area contributed by atoms with Gasteiger partial charge < -0.3 is 9.64 Å². The van der Waals surface area contributed by atoms with Gasteiger partial charge in [0.25, 0.3) is 0 Å². The zero-order valence-electron chi connectivity index (χ0n) is 19.2. The molecule has 0 aliphatic carbocycles. The molecule has 1 aliphatic heterocycles. The first-order chi connectivity index (χ1) is 15.4. The molecule has 6 nitrogen and oxygen atoms in total. The highest BCUT2D eigenvalue weighted by molar-refractivity contribution is 7.99. The Morgan fingerprint density at radius 1 is 1.03 bits per heavy atom. The fourth-order valence-electron chi connectivity index (χ4n) is 3.82. The van der Waals surface area contributed by atoms with Gasteiger partial charge in [-0.25, -0.2) is 0 Å². The van der Waals surface area contributed by atoms with Gasteiger partial charge in [0, 0.05) is 36.5 Å². The third kappa shape index (κ3) is 4.83. The summed E-state index contributed by atoms with van der Waals surface area (Å²) >= 11 is 1.63. The molecule has 2 aromatic carbocycles. The van der Waals surface area contributed by atoms with E-state index in [0.717, 1.165) is 53.2 Å². The van der Waals surface area contributed by atoms with Crippen LogP contribution in [0.4, 0.5) is 0 Å². The summed E-state index contributed by atoms with van der Waals surface area (Å²) < 4.78 is 7.41. The number of benzene rings is 2. The van der Waals surface area contributed by atoms with Crippen LogP contribution in [0.1, 0.15) is 39.2 Å². The van der Waals surface area contributed by atoms with Crippen molar-refractivity contribution in [2.24, 2.45) is 0 Å². The van der Waals surface area contributed by atoms with Crippen LogP contribution in [0.15, 0.2) is 53.7 Å². The summed E-state index contributed by atoms with van der Waals surface area (Å²) in [4.78, 5) is 13.9. The second kappa shape index (κ2) is 9.36. The lowest BCUT2D eigenvalue weighted by atomic mass is 9.87. The number of hydrogen-bond donors (Lipinski definition) is 0. The van der Waals surface area contributed by atoms with Crippen molar-refractivity contribution >= 4 is 17.7 Å². The van der Waals surface area contributed by atoms with Crippen LogP contribution in [0.25, 0.3) is 17.1 Å². The van der Waals surface area contributed by atoms with E-state index < -0.39 is 0 Å². The van der Waals surface area contributed by atoms with E-state index in [1.54, 1.807) is 18.9 Å². The van der Waals surface area contributed by atoms with Gasteiger partial charge in [-0.15, -0.1) is 10.2 Å². The molecule has 0 radical (unpaired) electrons. The number of ether oxygens (including phenoxy) is 1. The fraction of sp³-hybridized carbons (Fsp3) is 0.400. The van der Waals surface area contributed by atoms with E-state index in [2.05, 4.69) is 59.8 Å². The zero-order chi connectivity index (χ0) is 22.7. The predicted octanol–water partition coefficient (Wildman–Crippen LogP) is 4.95. The first-order valence-electron chi connectivity index (χ1n) is 11.0. The largest absolute Gasteiger partial charge is 0.497 e. The Labute approximate surface area is 194 Å². The molecule has 1 aromatic heterocycles. The second-order valence-corrected chi connectivity index (χ2v) is 10.1. The van der Waals surface area contributed by atoms with Gasteiger partial charge in [-0.1, -0.05) is 56.8 Å². The highest BCUT2D eigenvalue weighted by atomic mass is 32.2. The molecule has 32 heavy (non-hydrogen) atoms. The van der Waals surface area contributed by atoms with Gasteiger partial charge in [0.1, 0.15) is 5.75 Å². The van der Waals surface area contributed by atoms with E-state index in [0.29, 0.717) is 6.42 Å². The van der Waals surface area contributed by atoms with Crippen LogP contribution >= 0.6 is 11.8 Å². The van der Waals surface area contributed by atoms with Crippen LogP contribution < -0.4 is 4.74 Å². The van der Waals surface area contributed by atoms with E-state index in [1.165, 1.54) is 5.56 Å². The molecule has 1 amide bonds. The molecule has 0 spiro atoms. The third-order valence-electron chi connectivity index (χ3n) is 5.74. The average Bonchev–Trinajstić information content (AvgIpc) is 3.39. The molecule has 0 saturated carbocycles. The molecule has 0 N–H and O–H groups in total. The lowest BCUT2D eigenvalue weighted by Crippen LogP contribution is -2.27. The summed E-state index contributed by atoms with van der Waals surface area (Å²) in [5, 5.41) is 9.87. The normalized spacial score (nSPS) is 14.2. The monoisotopic (exact) mass is 450 g/mol. The van der Waals surface area contributed by atoms with Crippen molar-refractivity contribution < 1.29 is 9.53 Å². The van der Waals surface area contributed by atoms with Crippen molar-refractivity contribution in [3.63, 3.8) is 0 Å². The van der Waals surface area contributed by atoms with Gasteiger partial charge in [0.05, 0.1) is 7.11 Å². The Morgan fingerprint density at radius 2 is 1.75 bits per heavy atom. The topological polar surface area (TPSA) is 60.2 Å². The highest BCUT2D eigenvalue weighted by Gasteiger charge is 2.21. The Morgan fingerprint density at radius 3 is 2.34 bits per heavy atom. The van der Waals surface area contributed by atoms with E-state index >= 15 is 0 Å². The Balaban J connectivity index is 1.64. The summed E-state index contributed by atoms with van der Waals surface area (Å²) in [7, 11) is 1.66. The number of rotatable bonds is 7. The Hall–Kier alpha value is -2.80. The first-order valence-corrected chi connectivity index (χ1v) is 12.0. The standard InChI is InChI=1S/C25H30N4O2S/c1-25(2,3)19-9-7-18(8-10-19)23-26-27-24(32-17-16-28-15-5-6-22(28)30)29(23)20-11-13-21(31-4)14-12-20/h7-14H,5-6,15-17H2,1-4H3. The van der Waals surface area contributed by atoms with Crippen molar-refractivity contribution in [3.05, 3.63) is 54.1 Å². The van der Waals surface area contributed by atoms with Gasteiger partial charge in [-0.3, -0.25) is 9.36 Å². The van der Waals surface area contributed by atoms with Crippen LogP contribution in [0, 0.1) is 0 Å². The van der Waals surface area contributed by atoms with E-state index in [9.17, 15) is 4.79 Å². The van der Waals surface area contributed by atoms with Gasteiger partial charge in [-0.05, 0) is 41.7 Å². The van der Waals surface area contributed by atoms with Crippen molar-refractivity contribution in [2.45, 2.75) is 44.2 Å². The maximum atomic E-state index is 11.9.